The van der Waals surface area contributed by atoms with Gasteiger partial charge in [-0.1, -0.05) is 18.2 Å². The summed E-state index contributed by atoms with van der Waals surface area (Å²) in [5.41, 5.74) is 1.92. The minimum absolute atomic E-state index is 0.0116. The monoisotopic (exact) mass is 408 g/mol. The summed E-state index contributed by atoms with van der Waals surface area (Å²) in [6.07, 6.45) is 2.29. The van der Waals surface area contributed by atoms with E-state index in [1.165, 1.54) is 0 Å². The van der Waals surface area contributed by atoms with E-state index in [0.717, 1.165) is 30.6 Å². The normalized spacial score (nSPS) is 16.1. The Balaban J connectivity index is 0.000000612. The number of rotatable bonds is 6. The summed E-state index contributed by atoms with van der Waals surface area (Å²) in [6.45, 7) is 6.53. The molecule has 0 spiro atoms. The van der Waals surface area contributed by atoms with E-state index in [0.29, 0.717) is 26.1 Å². The van der Waals surface area contributed by atoms with Gasteiger partial charge in [0.25, 0.3) is 0 Å². The standard InChI is InChI=1S/C18H26N2O3.C2H2O4/c1-3-23-18(22)15-8-6-11-20(13-15)12-10-17(21)19-16-9-5-4-7-14(16)2;3-1(4)2(5)6/h4-5,7,9,15H,3,6,8,10-13H2,1-2H3,(H,19,21);(H,3,4)(H,5,6). The number of nitrogens with zero attached hydrogens (tertiary/aromatic N) is 1. The summed E-state index contributed by atoms with van der Waals surface area (Å²) >= 11 is 0. The Morgan fingerprint density at radius 2 is 1.83 bits per heavy atom. The molecule has 1 saturated heterocycles. The predicted octanol–water partition coefficient (Wildman–Crippen LogP) is 1.75. The highest BCUT2D eigenvalue weighted by atomic mass is 16.5. The fourth-order valence-corrected chi connectivity index (χ4v) is 2.90. The number of ether oxygens (including phenoxy) is 1. The Bertz CT molecular complexity index is 709. The number of hydrogen-bond acceptors (Lipinski definition) is 6. The Kier molecular flexibility index (Phi) is 10.4. The fraction of sp³-hybridized carbons (Fsp3) is 0.500. The molecule has 1 unspecified atom stereocenters. The zero-order chi connectivity index (χ0) is 21.8. The molecule has 29 heavy (non-hydrogen) atoms. The van der Waals surface area contributed by atoms with E-state index in [1.54, 1.807) is 0 Å². The maximum absolute atomic E-state index is 12.1. The third kappa shape index (κ3) is 9.20. The van der Waals surface area contributed by atoms with Crippen molar-refractivity contribution in [1.29, 1.82) is 0 Å². The van der Waals surface area contributed by atoms with E-state index >= 15 is 0 Å². The molecule has 2 rings (SSSR count). The highest BCUT2D eigenvalue weighted by molar-refractivity contribution is 6.27. The van der Waals surface area contributed by atoms with Gasteiger partial charge < -0.3 is 25.2 Å². The van der Waals surface area contributed by atoms with Crippen molar-refractivity contribution in [2.45, 2.75) is 33.1 Å². The number of benzene rings is 1. The van der Waals surface area contributed by atoms with Crippen LogP contribution in [-0.4, -0.2) is 65.2 Å². The van der Waals surface area contributed by atoms with E-state index < -0.39 is 11.9 Å². The number of piperidine rings is 1. The summed E-state index contributed by atoms with van der Waals surface area (Å²) in [5, 5.41) is 17.7. The highest BCUT2D eigenvalue weighted by Crippen LogP contribution is 2.18. The van der Waals surface area contributed by atoms with Gasteiger partial charge in [0, 0.05) is 25.2 Å². The number of nitrogens with one attached hydrogen (secondary N) is 1. The molecular weight excluding hydrogens is 380 g/mol. The van der Waals surface area contributed by atoms with Gasteiger partial charge in [-0.25, -0.2) is 9.59 Å². The Labute approximate surface area is 169 Å². The van der Waals surface area contributed by atoms with E-state index in [-0.39, 0.29) is 17.8 Å². The van der Waals surface area contributed by atoms with Gasteiger partial charge in [0.15, 0.2) is 0 Å². The number of amides is 1. The third-order valence-corrected chi connectivity index (χ3v) is 4.38. The lowest BCUT2D eigenvalue weighted by atomic mass is 9.98. The van der Waals surface area contributed by atoms with E-state index in [9.17, 15) is 9.59 Å². The van der Waals surface area contributed by atoms with E-state index in [4.69, 9.17) is 24.5 Å². The van der Waals surface area contributed by atoms with Gasteiger partial charge in [-0.3, -0.25) is 9.59 Å². The van der Waals surface area contributed by atoms with Crippen molar-refractivity contribution in [3.05, 3.63) is 29.8 Å². The van der Waals surface area contributed by atoms with Crippen LogP contribution < -0.4 is 5.32 Å². The molecule has 1 aromatic carbocycles. The van der Waals surface area contributed by atoms with Crippen LogP contribution in [0.3, 0.4) is 0 Å². The molecule has 1 aliphatic rings. The molecule has 1 heterocycles. The van der Waals surface area contributed by atoms with Gasteiger partial charge in [-0.05, 0) is 44.9 Å². The number of aryl methyl sites for hydroxylation is 1. The van der Waals surface area contributed by atoms with Crippen LogP contribution in [0.4, 0.5) is 5.69 Å². The Morgan fingerprint density at radius 3 is 2.41 bits per heavy atom. The summed E-state index contributed by atoms with van der Waals surface area (Å²) in [4.78, 5) is 44.3. The van der Waals surface area contributed by atoms with Crippen LogP contribution in [0.5, 0.6) is 0 Å². The predicted molar refractivity (Wildman–Crippen MR) is 105 cm³/mol. The second-order valence-corrected chi connectivity index (χ2v) is 6.62. The van der Waals surface area contributed by atoms with Gasteiger partial charge >= 0.3 is 17.9 Å². The van der Waals surface area contributed by atoms with Gasteiger partial charge in [-0.15, -0.1) is 0 Å². The molecule has 1 aliphatic heterocycles. The topological polar surface area (TPSA) is 133 Å². The second kappa shape index (κ2) is 12.5. The molecule has 9 nitrogen and oxygen atoms in total. The lowest BCUT2D eigenvalue weighted by molar-refractivity contribution is -0.159. The zero-order valence-electron chi connectivity index (χ0n) is 16.7. The number of likely N-dealkylation sites (tertiary alicyclic amines) is 1. The SMILES string of the molecule is CCOC(=O)C1CCCN(CCC(=O)Nc2ccccc2C)C1.O=C(O)C(=O)O. The van der Waals surface area contributed by atoms with Crippen molar-refractivity contribution < 1.29 is 34.1 Å². The number of carbonyl (C=O) groups excluding carboxylic acids is 2. The molecule has 0 bridgehead atoms. The molecule has 1 atom stereocenters. The van der Waals surface area contributed by atoms with Crippen molar-refractivity contribution in [2.75, 3.05) is 31.6 Å². The minimum atomic E-state index is -1.82. The van der Waals surface area contributed by atoms with Crippen LogP contribution in [0.15, 0.2) is 24.3 Å². The number of aliphatic carboxylic acids is 2. The van der Waals surface area contributed by atoms with Crippen LogP contribution >= 0.6 is 0 Å². The lowest BCUT2D eigenvalue weighted by Crippen LogP contribution is -2.40. The zero-order valence-corrected chi connectivity index (χ0v) is 16.7. The molecule has 0 aliphatic carbocycles. The van der Waals surface area contributed by atoms with Crippen LogP contribution in [0, 0.1) is 12.8 Å². The van der Waals surface area contributed by atoms with Crippen LogP contribution in [0.25, 0.3) is 0 Å². The largest absolute Gasteiger partial charge is 0.473 e. The van der Waals surface area contributed by atoms with E-state index in [1.807, 2.05) is 38.1 Å². The molecule has 1 fully saturated rings. The lowest BCUT2D eigenvalue weighted by Gasteiger charge is -2.31. The van der Waals surface area contributed by atoms with Crippen LogP contribution in [0.1, 0.15) is 31.7 Å². The summed E-state index contributed by atoms with van der Waals surface area (Å²) in [7, 11) is 0. The Hall–Kier alpha value is -2.94. The maximum Gasteiger partial charge on any atom is 0.414 e. The molecule has 0 saturated carbocycles. The molecular formula is C20H28N2O7. The summed E-state index contributed by atoms with van der Waals surface area (Å²) in [5.74, 6) is -3.80. The van der Waals surface area contributed by atoms with Crippen molar-refractivity contribution in [3.8, 4) is 0 Å². The quantitative estimate of drug-likeness (QED) is 0.479. The molecule has 0 radical (unpaired) electrons. The van der Waals surface area contributed by atoms with Crippen molar-refractivity contribution >= 4 is 29.5 Å². The molecule has 160 valence electrons. The van der Waals surface area contributed by atoms with Crippen LogP contribution in [0.2, 0.25) is 0 Å². The minimum Gasteiger partial charge on any atom is -0.473 e. The smallest absolute Gasteiger partial charge is 0.414 e. The first-order chi connectivity index (χ1) is 13.7. The van der Waals surface area contributed by atoms with Gasteiger partial charge in [0.2, 0.25) is 5.91 Å². The second-order valence-electron chi connectivity index (χ2n) is 6.62. The highest BCUT2D eigenvalue weighted by Gasteiger charge is 2.26. The molecule has 3 N–H and O–H groups in total. The number of anilines is 1. The third-order valence-electron chi connectivity index (χ3n) is 4.38. The van der Waals surface area contributed by atoms with Gasteiger partial charge in [0.05, 0.1) is 12.5 Å². The van der Waals surface area contributed by atoms with Crippen LogP contribution in [-0.2, 0) is 23.9 Å². The number of para-hydroxylation sites is 1. The van der Waals surface area contributed by atoms with Crippen molar-refractivity contribution in [1.82, 2.24) is 4.90 Å². The number of carboxylic acids is 2. The van der Waals surface area contributed by atoms with Gasteiger partial charge in [0.1, 0.15) is 0 Å². The maximum atomic E-state index is 12.1. The number of hydrogen-bond donors (Lipinski definition) is 3. The first-order valence-electron chi connectivity index (χ1n) is 9.45. The summed E-state index contributed by atoms with van der Waals surface area (Å²) in [6, 6.07) is 7.75. The molecule has 1 aromatic rings. The number of carboxylic acid groups (broad SMARTS) is 2. The van der Waals surface area contributed by atoms with Crippen molar-refractivity contribution in [2.24, 2.45) is 5.92 Å². The molecule has 0 aromatic heterocycles. The number of esters is 1. The molecule has 9 heteroatoms. The number of carbonyl (C=O) groups is 4. The average molecular weight is 408 g/mol. The van der Waals surface area contributed by atoms with Crippen molar-refractivity contribution in [3.63, 3.8) is 0 Å². The first-order valence-corrected chi connectivity index (χ1v) is 9.45. The Morgan fingerprint density at radius 1 is 1.17 bits per heavy atom. The fourth-order valence-electron chi connectivity index (χ4n) is 2.90. The molecule has 1 amide bonds. The average Bonchev–Trinajstić information content (AvgIpc) is 2.69. The van der Waals surface area contributed by atoms with Gasteiger partial charge in [-0.2, -0.15) is 0 Å². The summed E-state index contributed by atoms with van der Waals surface area (Å²) < 4.78 is 5.10. The van der Waals surface area contributed by atoms with E-state index in [2.05, 4.69) is 10.2 Å². The first kappa shape index (κ1) is 24.1.